The average Bonchev–Trinajstić information content (AvgIpc) is 2.43. The van der Waals surface area contributed by atoms with Gasteiger partial charge in [-0.3, -0.25) is 4.79 Å². The molecule has 21 heavy (non-hydrogen) atoms. The van der Waals surface area contributed by atoms with Gasteiger partial charge in [0.2, 0.25) is 5.56 Å². The molecule has 0 bridgehead atoms. The van der Waals surface area contributed by atoms with E-state index in [1.165, 1.54) is 0 Å². The van der Waals surface area contributed by atoms with E-state index >= 15 is 0 Å². The van der Waals surface area contributed by atoms with Crippen LogP contribution in [-0.2, 0) is 13.6 Å². The number of nitrogens with one attached hydrogen (secondary N) is 1. The van der Waals surface area contributed by atoms with E-state index in [9.17, 15) is 4.79 Å². The van der Waals surface area contributed by atoms with Gasteiger partial charge in [-0.15, -0.1) is 0 Å². The molecule has 6 heteroatoms. The van der Waals surface area contributed by atoms with Gasteiger partial charge in [-0.05, 0) is 41.1 Å². The second kappa shape index (κ2) is 7.13. The van der Waals surface area contributed by atoms with Gasteiger partial charge in [0.05, 0.1) is 16.8 Å². The molecule has 0 saturated carbocycles. The molecule has 2 rings (SSSR count). The van der Waals surface area contributed by atoms with Crippen LogP contribution in [-0.4, -0.2) is 11.2 Å². The van der Waals surface area contributed by atoms with Gasteiger partial charge in [0.15, 0.2) is 0 Å². The number of anilines is 1. The second-order valence-electron chi connectivity index (χ2n) is 4.53. The number of rotatable bonds is 5. The van der Waals surface area contributed by atoms with Crippen molar-refractivity contribution in [2.45, 2.75) is 13.5 Å². The summed E-state index contributed by atoms with van der Waals surface area (Å²) >= 11 is 7.00. The van der Waals surface area contributed by atoms with Crippen LogP contribution >= 0.6 is 31.9 Å². The molecule has 1 aromatic heterocycles. The maximum absolute atomic E-state index is 11.4. The van der Waals surface area contributed by atoms with Crippen molar-refractivity contribution in [3.8, 4) is 5.75 Å². The standard InChI is InChI=1S/C15H16Br2N2O2/c1-3-21-15-10(6-11(16)7-13(15)17)8-18-12-4-5-14(20)19(2)9-12/h4-7,9,18H,3,8H2,1-2H3. The Bertz CT molecular complexity index is 699. The Morgan fingerprint density at radius 1 is 1.29 bits per heavy atom. The molecule has 0 amide bonds. The van der Waals surface area contributed by atoms with Crippen LogP contribution < -0.4 is 15.6 Å². The predicted octanol–water partition coefficient (Wildman–Crippen LogP) is 3.92. The third kappa shape index (κ3) is 4.11. The van der Waals surface area contributed by atoms with Crippen molar-refractivity contribution in [1.82, 2.24) is 4.57 Å². The summed E-state index contributed by atoms with van der Waals surface area (Å²) < 4.78 is 9.13. The van der Waals surface area contributed by atoms with E-state index in [0.717, 1.165) is 25.9 Å². The van der Waals surface area contributed by atoms with Crippen molar-refractivity contribution in [3.63, 3.8) is 0 Å². The summed E-state index contributed by atoms with van der Waals surface area (Å²) in [5, 5.41) is 3.30. The lowest BCUT2D eigenvalue weighted by molar-refractivity contribution is 0.334. The fourth-order valence-electron chi connectivity index (χ4n) is 1.95. The van der Waals surface area contributed by atoms with E-state index < -0.39 is 0 Å². The van der Waals surface area contributed by atoms with Gasteiger partial charge in [0, 0.05) is 35.9 Å². The molecule has 4 nitrogen and oxygen atoms in total. The summed E-state index contributed by atoms with van der Waals surface area (Å²) in [4.78, 5) is 11.4. The van der Waals surface area contributed by atoms with Gasteiger partial charge >= 0.3 is 0 Å². The number of hydrogen-bond acceptors (Lipinski definition) is 3. The number of ether oxygens (including phenoxy) is 1. The average molecular weight is 416 g/mol. The minimum absolute atomic E-state index is 0.0271. The van der Waals surface area contributed by atoms with Crippen LogP contribution in [0.25, 0.3) is 0 Å². The Balaban J connectivity index is 2.22. The van der Waals surface area contributed by atoms with Gasteiger partial charge in [-0.25, -0.2) is 0 Å². The molecule has 0 fully saturated rings. The van der Waals surface area contributed by atoms with E-state index in [2.05, 4.69) is 37.2 Å². The lowest BCUT2D eigenvalue weighted by Gasteiger charge is -2.14. The molecule has 1 N–H and O–H groups in total. The molecule has 0 atom stereocenters. The van der Waals surface area contributed by atoms with Gasteiger partial charge in [-0.1, -0.05) is 15.9 Å². The number of nitrogens with zero attached hydrogens (tertiary/aromatic N) is 1. The Morgan fingerprint density at radius 3 is 2.71 bits per heavy atom. The molecule has 0 saturated heterocycles. The van der Waals surface area contributed by atoms with Crippen molar-refractivity contribution in [2.24, 2.45) is 7.05 Å². The van der Waals surface area contributed by atoms with E-state index in [1.54, 1.807) is 29.9 Å². The maximum Gasteiger partial charge on any atom is 0.250 e. The largest absolute Gasteiger partial charge is 0.492 e. The first-order chi connectivity index (χ1) is 10.0. The first-order valence-corrected chi connectivity index (χ1v) is 8.11. The number of benzene rings is 1. The van der Waals surface area contributed by atoms with Gasteiger partial charge in [0.25, 0.3) is 0 Å². The number of pyridine rings is 1. The molecule has 0 radical (unpaired) electrons. The van der Waals surface area contributed by atoms with Crippen LogP contribution in [0.15, 0.2) is 44.2 Å². The molecule has 112 valence electrons. The second-order valence-corrected chi connectivity index (χ2v) is 6.30. The minimum atomic E-state index is -0.0271. The highest BCUT2D eigenvalue weighted by molar-refractivity contribution is 9.11. The number of aryl methyl sites for hydroxylation is 1. The molecule has 0 spiro atoms. The lowest BCUT2D eigenvalue weighted by atomic mass is 10.2. The van der Waals surface area contributed by atoms with E-state index in [4.69, 9.17) is 4.74 Å². The highest BCUT2D eigenvalue weighted by Crippen LogP contribution is 2.33. The van der Waals surface area contributed by atoms with Crippen molar-refractivity contribution in [3.05, 3.63) is 55.3 Å². The summed E-state index contributed by atoms with van der Waals surface area (Å²) in [5.74, 6) is 0.832. The third-order valence-electron chi connectivity index (χ3n) is 2.94. The summed E-state index contributed by atoms with van der Waals surface area (Å²) in [6.45, 7) is 3.16. The van der Waals surface area contributed by atoms with E-state index in [1.807, 2.05) is 19.1 Å². The summed E-state index contributed by atoms with van der Waals surface area (Å²) in [5.41, 5.74) is 1.89. The highest BCUT2D eigenvalue weighted by atomic mass is 79.9. The molecular formula is C15H16Br2N2O2. The van der Waals surface area contributed by atoms with Crippen LogP contribution in [0.2, 0.25) is 0 Å². The Morgan fingerprint density at radius 2 is 2.05 bits per heavy atom. The van der Waals surface area contributed by atoms with E-state index in [0.29, 0.717) is 13.2 Å². The molecule has 1 aromatic carbocycles. The zero-order valence-corrected chi connectivity index (χ0v) is 15.0. The third-order valence-corrected chi connectivity index (χ3v) is 3.99. The van der Waals surface area contributed by atoms with Crippen LogP contribution in [0.1, 0.15) is 12.5 Å². The van der Waals surface area contributed by atoms with Gasteiger partial charge in [-0.2, -0.15) is 0 Å². The van der Waals surface area contributed by atoms with Gasteiger partial charge in [0.1, 0.15) is 5.75 Å². The number of halogens is 2. The van der Waals surface area contributed by atoms with Crippen LogP contribution in [0.5, 0.6) is 5.75 Å². The summed E-state index contributed by atoms with van der Waals surface area (Å²) in [6, 6.07) is 7.30. The predicted molar refractivity (Wildman–Crippen MR) is 92.0 cm³/mol. The SMILES string of the molecule is CCOc1c(Br)cc(Br)cc1CNc1ccc(=O)n(C)c1. The van der Waals surface area contributed by atoms with Crippen molar-refractivity contribution < 1.29 is 4.74 Å². The van der Waals surface area contributed by atoms with Crippen molar-refractivity contribution in [1.29, 1.82) is 0 Å². The fourth-order valence-corrected chi connectivity index (χ4v) is 3.37. The van der Waals surface area contributed by atoms with Crippen LogP contribution in [0.3, 0.4) is 0 Å². The van der Waals surface area contributed by atoms with Crippen LogP contribution in [0.4, 0.5) is 5.69 Å². The lowest BCUT2D eigenvalue weighted by Crippen LogP contribution is -2.15. The Labute approximate surface area is 140 Å². The molecular weight excluding hydrogens is 400 g/mol. The molecule has 0 aliphatic rings. The zero-order chi connectivity index (χ0) is 15.4. The molecule has 0 aliphatic heterocycles. The minimum Gasteiger partial charge on any atom is -0.492 e. The monoisotopic (exact) mass is 414 g/mol. The molecule has 1 heterocycles. The number of aromatic nitrogens is 1. The van der Waals surface area contributed by atoms with E-state index in [-0.39, 0.29) is 5.56 Å². The van der Waals surface area contributed by atoms with Gasteiger partial charge < -0.3 is 14.6 Å². The topological polar surface area (TPSA) is 43.3 Å². The fraction of sp³-hybridized carbons (Fsp3) is 0.267. The molecule has 0 unspecified atom stereocenters. The highest BCUT2D eigenvalue weighted by Gasteiger charge is 2.10. The van der Waals surface area contributed by atoms with Crippen molar-refractivity contribution in [2.75, 3.05) is 11.9 Å². The zero-order valence-electron chi connectivity index (χ0n) is 11.8. The first kappa shape index (κ1) is 16.1. The Kier molecular flexibility index (Phi) is 5.47. The van der Waals surface area contributed by atoms with Crippen molar-refractivity contribution >= 4 is 37.5 Å². The summed E-state index contributed by atoms with van der Waals surface area (Å²) in [7, 11) is 1.73. The molecule has 2 aromatic rings. The number of hydrogen-bond donors (Lipinski definition) is 1. The smallest absolute Gasteiger partial charge is 0.250 e. The quantitative estimate of drug-likeness (QED) is 0.804. The normalized spacial score (nSPS) is 10.5. The van der Waals surface area contributed by atoms with Crippen LogP contribution in [0, 0.1) is 0 Å². The maximum atomic E-state index is 11.4. The molecule has 0 aliphatic carbocycles. The summed E-state index contributed by atoms with van der Waals surface area (Å²) in [6.07, 6.45) is 1.77. The first-order valence-electron chi connectivity index (χ1n) is 6.52. The Hall–Kier alpha value is -1.27.